The molecule has 0 atom stereocenters. The molecule has 0 unspecified atom stereocenters. The maximum Gasteiger partial charge on any atom is 0.261 e. The fourth-order valence-electron chi connectivity index (χ4n) is 3.61. The molecular weight excluding hydrogens is 400 g/mol. The summed E-state index contributed by atoms with van der Waals surface area (Å²) in [6.07, 6.45) is 2.67. The van der Waals surface area contributed by atoms with Gasteiger partial charge >= 0.3 is 0 Å². The number of hydrogen-bond donors (Lipinski definition) is 2. The van der Waals surface area contributed by atoms with Gasteiger partial charge in [0.05, 0.1) is 5.52 Å². The molecule has 0 saturated heterocycles. The fraction of sp³-hybridized carbons (Fsp3) is 0.192. The average molecular weight is 427 g/mol. The summed E-state index contributed by atoms with van der Waals surface area (Å²) in [7, 11) is 2.01. The molecule has 0 fully saturated rings. The molecule has 0 aliphatic heterocycles. The van der Waals surface area contributed by atoms with Gasteiger partial charge < -0.3 is 15.2 Å². The van der Waals surface area contributed by atoms with Crippen LogP contribution in [0.5, 0.6) is 0 Å². The first-order chi connectivity index (χ1) is 15.6. The Balaban J connectivity index is 1.33. The maximum atomic E-state index is 12.5. The molecule has 2 N–H and O–H groups in total. The number of aromatic nitrogens is 2. The molecule has 4 aromatic rings. The molecule has 2 heterocycles. The van der Waals surface area contributed by atoms with E-state index in [1.807, 2.05) is 55.6 Å². The normalized spacial score (nSPS) is 11.1. The highest BCUT2D eigenvalue weighted by Crippen LogP contribution is 2.12. The van der Waals surface area contributed by atoms with Crippen molar-refractivity contribution < 1.29 is 4.79 Å². The Kier molecular flexibility index (Phi) is 6.72. The maximum absolute atomic E-state index is 12.5. The van der Waals surface area contributed by atoms with Crippen LogP contribution in [0.1, 0.15) is 27.2 Å². The minimum atomic E-state index is -0.400. The first-order valence-corrected chi connectivity index (χ1v) is 10.6. The lowest BCUT2D eigenvalue weighted by Crippen LogP contribution is -2.30. The number of carbonyl (C=O) groups excluding carboxylic acids is 1. The van der Waals surface area contributed by atoms with E-state index < -0.39 is 5.91 Å². The topological polar surface area (TPSA) is 78.1 Å². The Labute approximate surface area is 186 Å². The van der Waals surface area contributed by atoms with Crippen LogP contribution >= 0.6 is 0 Å². The second-order valence-corrected chi connectivity index (χ2v) is 7.92. The van der Waals surface area contributed by atoms with E-state index in [2.05, 4.69) is 32.3 Å². The molecule has 0 bridgehead atoms. The van der Waals surface area contributed by atoms with Gasteiger partial charge in [0, 0.05) is 36.9 Å². The third-order valence-electron chi connectivity index (χ3n) is 5.38. The quantitative estimate of drug-likeness (QED) is 0.452. The predicted octanol–water partition coefficient (Wildman–Crippen LogP) is 3.53. The summed E-state index contributed by atoms with van der Waals surface area (Å²) in [4.78, 5) is 34.4. The second kappa shape index (κ2) is 10.0. The zero-order valence-corrected chi connectivity index (χ0v) is 18.0. The third kappa shape index (κ3) is 5.47. The number of benzene rings is 2. The van der Waals surface area contributed by atoms with Gasteiger partial charge in [0.2, 0.25) is 0 Å². The molecule has 162 valence electrons. The van der Waals surface area contributed by atoms with Crippen LogP contribution in [0, 0.1) is 0 Å². The van der Waals surface area contributed by atoms with Gasteiger partial charge in [0.1, 0.15) is 5.56 Å². The number of H-pyrrole nitrogens is 1. The summed E-state index contributed by atoms with van der Waals surface area (Å²) >= 11 is 0. The number of amides is 1. The van der Waals surface area contributed by atoms with Crippen LogP contribution in [0.3, 0.4) is 0 Å². The number of carbonyl (C=O) groups is 1. The molecule has 2 aromatic carbocycles. The number of rotatable bonds is 8. The van der Waals surface area contributed by atoms with E-state index in [0.717, 1.165) is 35.1 Å². The van der Waals surface area contributed by atoms with Crippen LogP contribution in [0.2, 0.25) is 0 Å². The summed E-state index contributed by atoms with van der Waals surface area (Å²) in [6.45, 7) is 1.78. The fourth-order valence-corrected chi connectivity index (χ4v) is 3.61. The SMILES string of the molecule is CN(CCc1ccccc1)Cc1ccc(C(=O)NCc2cnc3ccccc3c2)c(=O)[nH]1. The highest BCUT2D eigenvalue weighted by Gasteiger charge is 2.12. The van der Waals surface area contributed by atoms with E-state index in [-0.39, 0.29) is 11.1 Å². The van der Waals surface area contributed by atoms with Crippen LogP contribution in [-0.4, -0.2) is 34.4 Å². The van der Waals surface area contributed by atoms with Crippen molar-refractivity contribution in [1.29, 1.82) is 0 Å². The number of likely N-dealkylation sites (N-methyl/N-ethyl adjacent to an activating group) is 1. The van der Waals surface area contributed by atoms with E-state index in [0.29, 0.717) is 13.1 Å². The molecule has 0 radical (unpaired) electrons. The number of nitrogens with zero attached hydrogens (tertiary/aromatic N) is 2. The van der Waals surface area contributed by atoms with Crippen molar-refractivity contribution in [2.45, 2.75) is 19.5 Å². The Morgan fingerprint density at radius 3 is 2.59 bits per heavy atom. The summed E-state index contributed by atoms with van der Waals surface area (Å²) in [5.74, 6) is -0.400. The summed E-state index contributed by atoms with van der Waals surface area (Å²) in [5.41, 5.74) is 3.57. The lowest BCUT2D eigenvalue weighted by atomic mass is 10.1. The van der Waals surface area contributed by atoms with Crippen molar-refractivity contribution in [3.8, 4) is 0 Å². The molecule has 2 aromatic heterocycles. The Morgan fingerprint density at radius 2 is 1.78 bits per heavy atom. The van der Waals surface area contributed by atoms with Crippen molar-refractivity contribution in [2.24, 2.45) is 0 Å². The first kappa shape index (κ1) is 21.5. The largest absolute Gasteiger partial charge is 0.348 e. The van der Waals surface area contributed by atoms with Gasteiger partial charge in [-0.25, -0.2) is 0 Å². The number of para-hydroxylation sites is 1. The van der Waals surface area contributed by atoms with Crippen molar-refractivity contribution in [3.05, 3.63) is 112 Å². The summed E-state index contributed by atoms with van der Waals surface area (Å²) in [6, 6.07) is 23.5. The molecule has 32 heavy (non-hydrogen) atoms. The lowest BCUT2D eigenvalue weighted by Gasteiger charge is -2.16. The zero-order valence-electron chi connectivity index (χ0n) is 18.0. The van der Waals surface area contributed by atoms with E-state index in [9.17, 15) is 9.59 Å². The van der Waals surface area contributed by atoms with Crippen molar-refractivity contribution >= 4 is 16.8 Å². The first-order valence-electron chi connectivity index (χ1n) is 10.6. The van der Waals surface area contributed by atoms with E-state index >= 15 is 0 Å². The molecule has 0 aliphatic carbocycles. The molecule has 6 heteroatoms. The standard InChI is InChI=1S/C26H26N4O2/c1-30(14-13-19-7-3-2-4-8-19)18-22-11-12-23(26(32)29-22)25(31)28-17-20-15-21-9-5-6-10-24(21)27-16-20/h2-12,15-16H,13-14,17-18H2,1H3,(H,28,31)(H,29,32). The minimum Gasteiger partial charge on any atom is -0.348 e. The Morgan fingerprint density at radius 1 is 1.00 bits per heavy atom. The van der Waals surface area contributed by atoms with Crippen LogP contribution in [-0.2, 0) is 19.5 Å². The van der Waals surface area contributed by atoms with E-state index in [1.165, 1.54) is 5.56 Å². The highest BCUT2D eigenvalue weighted by molar-refractivity contribution is 5.93. The Hall–Kier alpha value is -3.77. The number of hydrogen-bond acceptors (Lipinski definition) is 4. The lowest BCUT2D eigenvalue weighted by molar-refractivity contribution is 0.0949. The van der Waals surface area contributed by atoms with Gasteiger partial charge in [-0.3, -0.25) is 14.6 Å². The van der Waals surface area contributed by atoms with Crippen molar-refractivity contribution in [2.75, 3.05) is 13.6 Å². The van der Waals surface area contributed by atoms with E-state index in [1.54, 1.807) is 18.3 Å². The predicted molar refractivity (Wildman–Crippen MR) is 126 cm³/mol. The van der Waals surface area contributed by atoms with E-state index in [4.69, 9.17) is 0 Å². The highest BCUT2D eigenvalue weighted by atomic mass is 16.2. The minimum absolute atomic E-state index is 0.106. The van der Waals surface area contributed by atoms with Gasteiger partial charge in [-0.05, 0) is 48.9 Å². The molecular formula is C26H26N4O2. The van der Waals surface area contributed by atoms with Crippen LogP contribution < -0.4 is 10.9 Å². The molecule has 0 aliphatic rings. The zero-order chi connectivity index (χ0) is 22.3. The molecule has 6 nitrogen and oxygen atoms in total. The average Bonchev–Trinajstić information content (AvgIpc) is 2.82. The smallest absolute Gasteiger partial charge is 0.261 e. The monoisotopic (exact) mass is 426 g/mol. The molecule has 0 spiro atoms. The van der Waals surface area contributed by atoms with Crippen molar-refractivity contribution in [1.82, 2.24) is 20.2 Å². The third-order valence-corrected chi connectivity index (χ3v) is 5.38. The van der Waals surface area contributed by atoms with Crippen LogP contribution in [0.15, 0.2) is 83.8 Å². The molecule has 0 saturated carbocycles. The number of aromatic amines is 1. The van der Waals surface area contributed by atoms with Gasteiger partial charge in [0.15, 0.2) is 0 Å². The number of fused-ring (bicyclic) bond motifs is 1. The number of pyridine rings is 2. The van der Waals surface area contributed by atoms with Gasteiger partial charge in [-0.2, -0.15) is 0 Å². The van der Waals surface area contributed by atoms with Gasteiger partial charge in [-0.1, -0.05) is 48.5 Å². The molecule has 4 rings (SSSR count). The number of nitrogens with one attached hydrogen (secondary N) is 2. The molecule has 1 amide bonds. The summed E-state index contributed by atoms with van der Waals surface area (Å²) < 4.78 is 0. The van der Waals surface area contributed by atoms with Crippen molar-refractivity contribution in [3.63, 3.8) is 0 Å². The summed E-state index contributed by atoms with van der Waals surface area (Å²) in [5, 5.41) is 3.82. The van der Waals surface area contributed by atoms with Gasteiger partial charge in [-0.15, -0.1) is 0 Å². The van der Waals surface area contributed by atoms with Gasteiger partial charge in [0.25, 0.3) is 11.5 Å². The van der Waals surface area contributed by atoms with Crippen LogP contribution in [0.25, 0.3) is 10.9 Å². The van der Waals surface area contributed by atoms with Crippen LogP contribution in [0.4, 0.5) is 0 Å². The second-order valence-electron chi connectivity index (χ2n) is 7.92. The Bertz CT molecular complexity index is 1270.